The van der Waals surface area contributed by atoms with Gasteiger partial charge in [0.25, 0.3) is 0 Å². The molecule has 0 amide bonds. The normalized spacial score (nSPS) is 11.9. The number of alkyl halides is 6. The molecular weight excluding hydrogens is 567 g/mol. The van der Waals surface area contributed by atoms with E-state index in [0.717, 1.165) is 6.07 Å². The number of nitrogens with zero attached hydrogens (tertiary/aromatic N) is 1. The van der Waals surface area contributed by atoms with Crippen molar-refractivity contribution in [3.8, 4) is 0 Å². The Morgan fingerprint density at radius 2 is 1.11 bits per heavy atom. The van der Waals surface area contributed by atoms with Gasteiger partial charge in [0.2, 0.25) is 0 Å². The summed E-state index contributed by atoms with van der Waals surface area (Å²) in [6.45, 7) is 0. The highest BCUT2D eigenvalue weighted by molar-refractivity contribution is 6.33. The van der Waals surface area contributed by atoms with Crippen LogP contribution < -0.4 is 22.2 Å². The van der Waals surface area contributed by atoms with E-state index in [9.17, 15) is 55.6 Å². The first kappa shape index (κ1) is 27.5. The number of aromatic amines is 4. The molecule has 0 unspecified atom stereocenters. The lowest BCUT2D eigenvalue weighted by molar-refractivity contribution is -0.386. The number of aromatic nitrogens is 4. The van der Waals surface area contributed by atoms with E-state index in [-0.39, 0.29) is 16.6 Å². The first-order valence-electron chi connectivity index (χ1n) is 9.15. The van der Waals surface area contributed by atoms with E-state index in [0.29, 0.717) is 12.1 Å². The lowest BCUT2D eigenvalue weighted by atomic mass is 10.1. The van der Waals surface area contributed by atoms with Crippen LogP contribution in [0.1, 0.15) is 11.1 Å². The second kappa shape index (κ2) is 9.40. The molecule has 2 aromatic heterocycles. The van der Waals surface area contributed by atoms with Gasteiger partial charge in [-0.05, 0) is 18.2 Å². The smallest absolute Gasteiger partial charge is 0.316 e. The molecule has 2 aromatic carbocycles. The molecule has 11 nitrogen and oxygen atoms in total. The number of hydrogen-bond acceptors (Lipinski definition) is 6. The monoisotopic (exact) mass is 573 g/mol. The largest absolute Gasteiger partial charge is 0.424 e. The second-order valence-electron chi connectivity index (χ2n) is 6.95. The third-order valence-electron chi connectivity index (χ3n) is 4.53. The van der Waals surface area contributed by atoms with E-state index < -0.39 is 71.9 Å². The summed E-state index contributed by atoms with van der Waals surface area (Å²) < 4.78 is 76.0. The fraction of sp³-hybridized carbons (Fsp3) is 0.111. The van der Waals surface area contributed by atoms with Crippen molar-refractivity contribution in [3.63, 3.8) is 0 Å². The van der Waals surface area contributed by atoms with Crippen molar-refractivity contribution in [1.82, 2.24) is 19.9 Å². The van der Waals surface area contributed by atoms with Crippen molar-refractivity contribution in [2.24, 2.45) is 0 Å². The lowest BCUT2D eigenvalue weighted by Gasteiger charge is -2.11. The Labute approximate surface area is 205 Å². The zero-order chi connectivity index (χ0) is 28.0. The molecule has 0 aliphatic carbocycles. The lowest BCUT2D eigenvalue weighted by Crippen LogP contribution is -2.29. The average Bonchev–Trinajstić information content (AvgIpc) is 2.73. The molecule has 37 heavy (non-hydrogen) atoms. The minimum absolute atomic E-state index is 0.0348. The number of nitro groups is 1. The molecule has 0 spiro atoms. The molecule has 196 valence electrons. The molecule has 0 aliphatic rings. The third kappa shape index (κ3) is 5.51. The van der Waals surface area contributed by atoms with Gasteiger partial charge in [-0.3, -0.25) is 29.3 Å². The number of hydrogen-bond donors (Lipinski definition) is 4. The molecule has 19 heteroatoms. The minimum atomic E-state index is -5.10. The van der Waals surface area contributed by atoms with Crippen molar-refractivity contribution >= 4 is 51.0 Å². The summed E-state index contributed by atoms with van der Waals surface area (Å²) >= 11 is 10.8. The van der Waals surface area contributed by atoms with E-state index in [4.69, 9.17) is 23.2 Å². The first-order chi connectivity index (χ1) is 16.9. The van der Waals surface area contributed by atoms with Gasteiger partial charge in [-0.25, -0.2) is 0 Å². The topological polar surface area (TPSA) is 175 Å². The Balaban J connectivity index is 0.000000208. The van der Waals surface area contributed by atoms with Crippen LogP contribution in [0.25, 0.3) is 22.1 Å². The van der Waals surface area contributed by atoms with Crippen LogP contribution in [0.15, 0.2) is 37.4 Å². The summed E-state index contributed by atoms with van der Waals surface area (Å²) in [6, 6.07) is 2.30. The van der Waals surface area contributed by atoms with Crippen molar-refractivity contribution in [1.29, 1.82) is 0 Å². The number of nitrogens with one attached hydrogen (secondary N) is 4. The van der Waals surface area contributed by atoms with Crippen LogP contribution in [0, 0.1) is 10.1 Å². The van der Waals surface area contributed by atoms with E-state index in [1.807, 2.05) is 9.97 Å². The Bertz CT molecular complexity index is 1810. The summed E-state index contributed by atoms with van der Waals surface area (Å²) in [6.07, 6.45) is -9.72. The maximum Gasteiger partial charge on any atom is 0.424 e. The van der Waals surface area contributed by atoms with Crippen LogP contribution in [0.3, 0.4) is 0 Å². The number of rotatable bonds is 1. The molecule has 0 radical (unpaired) electrons. The predicted octanol–water partition coefficient (Wildman–Crippen LogP) is 3.69. The predicted molar refractivity (Wildman–Crippen MR) is 117 cm³/mol. The third-order valence-corrected chi connectivity index (χ3v) is 5.14. The van der Waals surface area contributed by atoms with Crippen LogP contribution in [-0.4, -0.2) is 24.9 Å². The molecule has 0 saturated heterocycles. The van der Waals surface area contributed by atoms with Gasteiger partial charge in [-0.1, -0.05) is 23.2 Å². The molecule has 4 N–H and O–H groups in total. The highest BCUT2D eigenvalue weighted by Crippen LogP contribution is 2.43. The number of halogens is 8. The minimum Gasteiger partial charge on any atom is -0.316 e. The number of fused-ring (bicyclic) bond motifs is 2. The molecule has 4 rings (SSSR count). The fourth-order valence-corrected chi connectivity index (χ4v) is 3.60. The van der Waals surface area contributed by atoms with Gasteiger partial charge in [0.15, 0.2) is 5.56 Å². The molecular formula is C18H7Cl2F6N5O6. The summed E-state index contributed by atoms with van der Waals surface area (Å²) in [5, 5.41) is 9.36. The van der Waals surface area contributed by atoms with Gasteiger partial charge in [-0.2, -0.15) is 26.3 Å². The number of benzene rings is 2. The van der Waals surface area contributed by atoms with Crippen LogP contribution in [0.4, 0.5) is 32.0 Å². The molecule has 2 heterocycles. The van der Waals surface area contributed by atoms with E-state index in [1.165, 1.54) is 0 Å². The molecule has 0 aliphatic heterocycles. The Hall–Kier alpha value is -4.12. The quantitative estimate of drug-likeness (QED) is 0.117. The second-order valence-corrected chi connectivity index (χ2v) is 7.77. The van der Waals surface area contributed by atoms with Crippen molar-refractivity contribution in [2.45, 2.75) is 12.4 Å². The average molecular weight is 574 g/mol. The number of H-pyrrole nitrogens is 4. The van der Waals surface area contributed by atoms with Crippen LogP contribution in [0.2, 0.25) is 10.0 Å². The van der Waals surface area contributed by atoms with Crippen molar-refractivity contribution in [2.75, 3.05) is 0 Å². The molecule has 0 saturated carbocycles. The maximum absolute atomic E-state index is 12.8. The Morgan fingerprint density at radius 1 is 0.676 bits per heavy atom. The van der Waals surface area contributed by atoms with E-state index >= 15 is 0 Å². The number of nitro benzene ring substituents is 1. The van der Waals surface area contributed by atoms with Gasteiger partial charge in [0.1, 0.15) is 5.52 Å². The van der Waals surface area contributed by atoms with E-state index in [2.05, 4.69) is 4.98 Å². The van der Waals surface area contributed by atoms with Gasteiger partial charge in [0, 0.05) is 0 Å². The summed E-state index contributed by atoms with van der Waals surface area (Å²) in [4.78, 5) is 61.5. The Morgan fingerprint density at radius 3 is 1.57 bits per heavy atom. The van der Waals surface area contributed by atoms with Crippen LogP contribution in [-0.2, 0) is 12.4 Å². The molecule has 0 bridgehead atoms. The van der Waals surface area contributed by atoms with Crippen molar-refractivity contribution in [3.05, 3.63) is 90.9 Å². The molecule has 0 atom stereocenters. The molecule has 4 aromatic rings. The summed E-state index contributed by atoms with van der Waals surface area (Å²) in [7, 11) is 0. The highest BCUT2D eigenvalue weighted by atomic mass is 35.5. The van der Waals surface area contributed by atoms with Gasteiger partial charge >= 0.3 is 40.3 Å². The van der Waals surface area contributed by atoms with Gasteiger partial charge in [0.05, 0.1) is 37.1 Å². The van der Waals surface area contributed by atoms with Crippen molar-refractivity contribution < 1.29 is 31.3 Å². The highest BCUT2D eigenvalue weighted by Gasteiger charge is 2.42. The Kier molecular flexibility index (Phi) is 6.98. The van der Waals surface area contributed by atoms with Gasteiger partial charge < -0.3 is 19.9 Å². The standard InChI is InChI=1S/C9H3ClF3N3O4.C9H4ClF3N2O2/c10-2-1-3-5(15-8(18)7(17)14-3)6(16(19)20)4(2)9(11,12)13;10-4-2-6-5(1-3(4)9(11,12)13)14-7(16)8(17)15-6/h1H,(H,14,17)(H,15,18);1-2H,(H,14,16)(H,15,17). The van der Waals surface area contributed by atoms with Crippen LogP contribution in [0.5, 0.6) is 0 Å². The zero-order valence-electron chi connectivity index (χ0n) is 17.2. The summed E-state index contributed by atoms with van der Waals surface area (Å²) in [5.74, 6) is 0. The first-order valence-corrected chi connectivity index (χ1v) is 9.91. The zero-order valence-corrected chi connectivity index (χ0v) is 18.7. The van der Waals surface area contributed by atoms with E-state index in [1.54, 1.807) is 4.98 Å². The maximum atomic E-state index is 12.8. The fourth-order valence-electron chi connectivity index (χ4n) is 3.02. The molecule has 0 fully saturated rings. The van der Waals surface area contributed by atoms with Crippen LogP contribution >= 0.6 is 23.2 Å². The SMILES string of the molecule is O=c1[nH]c2cc(Cl)c(C(F)(F)F)c([N+](=O)[O-])c2[nH]c1=O.O=c1[nH]c2cc(Cl)c(C(F)(F)F)cc2[nH]c1=O. The van der Waals surface area contributed by atoms with Gasteiger partial charge in [-0.15, -0.1) is 0 Å². The summed E-state index contributed by atoms with van der Waals surface area (Å²) in [5.41, 5.74) is -9.86.